The lowest BCUT2D eigenvalue weighted by Crippen LogP contribution is -2.16. The molecule has 4 aromatic heterocycles. The van der Waals surface area contributed by atoms with Gasteiger partial charge in [-0.3, -0.25) is 14.3 Å². The van der Waals surface area contributed by atoms with Gasteiger partial charge in [0, 0.05) is 23.7 Å². The quantitative estimate of drug-likeness (QED) is 0.236. The number of aryl methyl sites for hydroxylation is 3. The molecule has 4 heterocycles. The first-order chi connectivity index (χ1) is 19.3. The molecule has 0 saturated carbocycles. The molecule has 0 radical (unpaired) electrons. The Morgan fingerprint density at radius 3 is 2.49 bits per heavy atom. The van der Waals surface area contributed by atoms with Gasteiger partial charge in [0.1, 0.15) is 33.5 Å². The van der Waals surface area contributed by atoms with Crippen LogP contribution in [0.25, 0.3) is 21.3 Å². The average molecular weight is 584 g/mol. The fourth-order valence-corrected chi connectivity index (χ4v) is 5.23. The van der Waals surface area contributed by atoms with Crippen molar-refractivity contribution in [2.75, 3.05) is 5.32 Å². The monoisotopic (exact) mass is 583 g/mol. The van der Waals surface area contributed by atoms with Crippen molar-refractivity contribution in [2.24, 2.45) is 12.8 Å². The van der Waals surface area contributed by atoms with Crippen LogP contribution in [-0.4, -0.2) is 26.6 Å². The Bertz CT molecular complexity index is 1820. The molecule has 13 heteroatoms. The molecule has 41 heavy (non-hydrogen) atoms. The van der Waals surface area contributed by atoms with Crippen molar-refractivity contribution in [1.82, 2.24) is 14.8 Å². The van der Waals surface area contributed by atoms with Crippen molar-refractivity contribution >= 4 is 39.1 Å². The highest BCUT2D eigenvalue weighted by atomic mass is 32.1. The van der Waals surface area contributed by atoms with E-state index in [0.717, 1.165) is 17.2 Å². The van der Waals surface area contributed by atoms with Crippen LogP contribution in [0.3, 0.4) is 0 Å². The number of carbonyl (C=O) groups is 2. The Morgan fingerprint density at radius 1 is 1.10 bits per heavy atom. The van der Waals surface area contributed by atoms with E-state index in [1.807, 2.05) is 32.0 Å². The molecule has 0 bridgehead atoms. The molecule has 0 atom stereocenters. The van der Waals surface area contributed by atoms with Gasteiger partial charge in [-0.1, -0.05) is 6.07 Å². The molecule has 0 saturated heterocycles. The second-order valence-corrected chi connectivity index (χ2v) is 10.4. The van der Waals surface area contributed by atoms with Gasteiger partial charge in [-0.25, -0.2) is 4.98 Å². The number of benzene rings is 1. The lowest BCUT2D eigenvalue weighted by atomic mass is 10.0. The molecule has 212 valence electrons. The Labute approximate surface area is 235 Å². The minimum Gasteiger partial charge on any atom is -0.486 e. The van der Waals surface area contributed by atoms with Crippen molar-refractivity contribution in [3.05, 3.63) is 81.5 Å². The second kappa shape index (κ2) is 10.4. The highest BCUT2D eigenvalue weighted by molar-refractivity contribution is 7.21. The van der Waals surface area contributed by atoms with E-state index in [9.17, 15) is 22.8 Å². The molecule has 0 aliphatic heterocycles. The largest absolute Gasteiger partial charge is 0.486 e. The number of pyridine rings is 1. The first-order valence-electron chi connectivity index (χ1n) is 12.3. The Kier molecular flexibility index (Phi) is 7.07. The number of nitrogens with one attached hydrogen (secondary N) is 1. The Hall–Kier alpha value is -4.65. The van der Waals surface area contributed by atoms with Gasteiger partial charge in [-0.15, -0.1) is 11.3 Å². The number of hydrogen-bond donors (Lipinski definition) is 2. The number of fused-ring (bicyclic) bond motifs is 1. The minimum atomic E-state index is -4.76. The number of halogens is 3. The maximum absolute atomic E-state index is 13.8. The third-order valence-electron chi connectivity index (χ3n) is 6.69. The van der Waals surface area contributed by atoms with Gasteiger partial charge < -0.3 is 20.2 Å². The van der Waals surface area contributed by atoms with Gasteiger partial charge in [-0.05, 0) is 67.8 Å². The summed E-state index contributed by atoms with van der Waals surface area (Å²) in [6.45, 7) is 5.69. The number of hydrogen-bond acceptors (Lipinski definition) is 7. The van der Waals surface area contributed by atoms with Crippen LogP contribution in [-0.2, 0) is 19.8 Å². The molecule has 0 spiro atoms. The van der Waals surface area contributed by atoms with Crippen molar-refractivity contribution < 1.29 is 31.9 Å². The molecule has 0 fully saturated rings. The molecule has 3 N–H and O–H groups in total. The molecule has 9 nitrogen and oxygen atoms in total. The van der Waals surface area contributed by atoms with Crippen molar-refractivity contribution in [3.8, 4) is 16.9 Å². The predicted octanol–water partition coefficient (Wildman–Crippen LogP) is 6.16. The number of amides is 2. The highest BCUT2D eigenvalue weighted by Crippen LogP contribution is 2.44. The molecule has 0 aliphatic rings. The van der Waals surface area contributed by atoms with Crippen LogP contribution in [0.15, 0.2) is 47.0 Å². The second-order valence-electron chi connectivity index (χ2n) is 9.43. The number of alkyl halides is 3. The summed E-state index contributed by atoms with van der Waals surface area (Å²) < 4.78 is 54.2. The zero-order chi connectivity index (χ0) is 29.6. The van der Waals surface area contributed by atoms with Crippen LogP contribution in [0, 0.1) is 20.8 Å². The number of anilines is 1. The lowest BCUT2D eigenvalue weighted by Gasteiger charge is -2.12. The zero-order valence-corrected chi connectivity index (χ0v) is 23.2. The summed E-state index contributed by atoms with van der Waals surface area (Å²) in [5.41, 5.74) is 7.57. The van der Waals surface area contributed by atoms with Gasteiger partial charge in [0.25, 0.3) is 11.8 Å². The minimum absolute atomic E-state index is 0.0538. The van der Waals surface area contributed by atoms with Crippen molar-refractivity contribution in [3.63, 3.8) is 0 Å². The predicted molar refractivity (Wildman–Crippen MR) is 147 cm³/mol. The van der Waals surface area contributed by atoms with Crippen molar-refractivity contribution in [1.29, 1.82) is 0 Å². The number of primary amides is 1. The van der Waals surface area contributed by atoms with Crippen LogP contribution in [0.1, 0.15) is 48.5 Å². The average Bonchev–Trinajstić information content (AvgIpc) is 3.62. The number of aromatic nitrogens is 3. The van der Waals surface area contributed by atoms with Crippen LogP contribution >= 0.6 is 11.3 Å². The number of carbonyl (C=O) groups excluding carboxylic acids is 2. The Balaban J connectivity index is 1.51. The number of nitrogens with zero attached hydrogens (tertiary/aromatic N) is 3. The zero-order valence-electron chi connectivity index (χ0n) is 22.3. The lowest BCUT2D eigenvalue weighted by molar-refractivity contribution is -0.140. The van der Waals surface area contributed by atoms with E-state index in [4.69, 9.17) is 14.9 Å². The summed E-state index contributed by atoms with van der Waals surface area (Å²) in [7, 11) is 1.64. The fourth-order valence-electron chi connectivity index (χ4n) is 4.22. The van der Waals surface area contributed by atoms with E-state index in [0.29, 0.717) is 34.1 Å². The standard InChI is InChI=1S/C28H24F3N5O4S/c1-13-5-6-16(9-14(13)2)39-12-17-7-8-20(40-17)26(38)35-23-22-18(19-11-33-36(4)15(19)3)10-21(28(29,30)31)34-27(22)41-24(23)25(32)37/h5-11H,12H2,1-4H3,(H2,32,37)(H,35,38). The fraction of sp³-hybridized carbons (Fsp3) is 0.214. The van der Waals surface area contributed by atoms with Gasteiger partial charge >= 0.3 is 6.18 Å². The maximum Gasteiger partial charge on any atom is 0.433 e. The van der Waals surface area contributed by atoms with Gasteiger partial charge in [-0.2, -0.15) is 18.3 Å². The number of ether oxygens (including phenoxy) is 1. The number of thiophene rings is 1. The third-order valence-corrected chi connectivity index (χ3v) is 7.78. The molecule has 0 unspecified atom stereocenters. The molecule has 1 aromatic carbocycles. The van der Waals surface area contributed by atoms with E-state index >= 15 is 0 Å². The topological polar surface area (TPSA) is 125 Å². The molecule has 0 aliphatic carbocycles. The van der Waals surface area contributed by atoms with Crippen molar-refractivity contribution in [2.45, 2.75) is 33.6 Å². The van der Waals surface area contributed by atoms with E-state index in [1.165, 1.54) is 16.9 Å². The van der Waals surface area contributed by atoms with Crippen LogP contribution in [0.5, 0.6) is 5.75 Å². The first kappa shape index (κ1) is 27.9. The normalized spacial score (nSPS) is 11.7. The molecule has 5 rings (SSSR count). The maximum atomic E-state index is 13.8. The van der Waals surface area contributed by atoms with E-state index < -0.39 is 23.7 Å². The van der Waals surface area contributed by atoms with Gasteiger partial charge in [0.05, 0.1) is 11.9 Å². The Morgan fingerprint density at radius 2 is 1.85 bits per heavy atom. The van der Waals surface area contributed by atoms with E-state index in [1.54, 1.807) is 20.0 Å². The third kappa shape index (κ3) is 5.40. The summed E-state index contributed by atoms with van der Waals surface area (Å²) >= 11 is 0.656. The summed E-state index contributed by atoms with van der Waals surface area (Å²) in [5.74, 6) is -0.777. The molecule has 5 aromatic rings. The van der Waals surface area contributed by atoms with Crippen LogP contribution in [0.2, 0.25) is 0 Å². The number of nitrogens with two attached hydrogens (primary N) is 1. The van der Waals surface area contributed by atoms with E-state index in [2.05, 4.69) is 15.4 Å². The summed E-state index contributed by atoms with van der Waals surface area (Å²) in [4.78, 5) is 29.1. The summed E-state index contributed by atoms with van der Waals surface area (Å²) in [6, 6.07) is 9.51. The summed E-state index contributed by atoms with van der Waals surface area (Å²) in [5, 5.41) is 6.88. The summed E-state index contributed by atoms with van der Waals surface area (Å²) in [6.07, 6.45) is -3.35. The first-order valence-corrected chi connectivity index (χ1v) is 13.1. The number of furan rings is 1. The molecular weight excluding hydrogens is 559 g/mol. The van der Waals surface area contributed by atoms with Gasteiger partial charge in [0.15, 0.2) is 5.76 Å². The van der Waals surface area contributed by atoms with Gasteiger partial charge in [0.2, 0.25) is 0 Å². The molecular formula is C28H24F3N5O4S. The molecule has 2 amide bonds. The SMILES string of the molecule is Cc1ccc(OCc2ccc(C(=O)Nc3c(C(N)=O)sc4nc(C(F)(F)F)cc(-c5cnn(C)c5C)c34)o2)cc1C. The van der Waals surface area contributed by atoms with E-state index in [-0.39, 0.29) is 38.7 Å². The van der Waals surface area contributed by atoms with Crippen LogP contribution in [0.4, 0.5) is 18.9 Å². The highest BCUT2D eigenvalue weighted by Gasteiger charge is 2.35. The number of rotatable bonds is 7. The van der Waals surface area contributed by atoms with Crippen LogP contribution < -0.4 is 15.8 Å². The smallest absolute Gasteiger partial charge is 0.433 e.